The number of sulfonamides is 1. The molecule has 1 saturated carbocycles. The lowest BCUT2D eigenvalue weighted by molar-refractivity contribution is -0.144. The Morgan fingerprint density at radius 1 is 1.07 bits per heavy atom. The van der Waals surface area contributed by atoms with Gasteiger partial charge in [0.1, 0.15) is 24.2 Å². The van der Waals surface area contributed by atoms with E-state index in [0.29, 0.717) is 41.3 Å². The first-order valence-electron chi connectivity index (χ1n) is 15.7. The van der Waals surface area contributed by atoms with Gasteiger partial charge in [-0.25, -0.2) is 22.2 Å². The average Bonchev–Trinajstić information content (AvgIpc) is 3.58. The zero-order chi connectivity index (χ0) is 32.7. The van der Waals surface area contributed by atoms with Crippen LogP contribution in [0.25, 0.3) is 0 Å². The molecule has 1 atom stereocenters. The van der Waals surface area contributed by atoms with Crippen molar-refractivity contribution in [2.24, 2.45) is 11.1 Å². The molecule has 1 aliphatic carbocycles. The first kappa shape index (κ1) is 32.2. The molecule has 3 fully saturated rings. The normalized spacial score (nSPS) is 20.4. The zero-order valence-electron chi connectivity index (χ0n) is 25.8. The number of fused-ring (bicyclic) bond motifs is 1. The van der Waals surface area contributed by atoms with E-state index in [1.165, 1.54) is 25.8 Å². The Kier molecular flexibility index (Phi) is 8.74. The summed E-state index contributed by atoms with van der Waals surface area (Å²) in [4.78, 5) is 34.0. The largest absolute Gasteiger partial charge is 0.489 e. The number of piperidine rings is 2. The summed E-state index contributed by atoms with van der Waals surface area (Å²) in [6, 6.07) is 5.62. The Morgan fingerprint density at radius 2 is 1.76 bits per heavy atom. The van der Waals surface area contributed by atoms with Crippen molar-refractivity contribution >= 4 is 44.9 Å². The molecule has 0 radical (unpaired) electrons. The van der Waals surface area contributed by atoms with Gasteiger partial charge in [0.15, 0.2) is 11.6 Å². The molecule has 250 valence electrons. The summed E-state index contributed by atoms with van der Waals surface area (Å²) < 4.78 is 66.6. The van der Waals surface area contributed by atoms with Gasteiger partial charge in [0.2, 0.25) is 10.0 Å². The van der Waals surface area contributed by atoms with E-state index in [1.807, 2.05) is 0 Å². The number of aromatic nitrogens is 1. The van der Waals surface area contributed by atoms with Gasteiger partial charge in [-0.05, 0) is 62.3 Å². The quantitative estimate of drug-likeness (QED) is 0.322. The third kappa shape index (κ3) is 7.30. The van der Waals surface area contributed by atoms with E-state index >= 15 is 0 Å². The number of anilines is 4. The van der Waals surface area contributed by atoms with Crippen LogP contribution < -0.4 is 30.3 Å². The fourth-order valence-corrected chi connectivity index (χ4v) is 7.14. The Morgan fingerprint density at radius 3 is 2.43 bits per heavy atom. The van der Waals surface area contributed by atoms with Crippen molar-refractivity contribution < 1.29 is 36.3 Å². The van der Waals surface area contributed by atoms with Crippen LogP contribution in [-0.2, 0) is 26.0 Å². The van der Waals surface area contributed by atoms with Crippen LogP contribution in [0.1, 0.15) is 61.4 Å². The lowest BCUT2D eigenvalue weighted by Gasteiger charge is -2.35. The van der Waals surface area contributed by atoms with E-state index < -0.39 is 39.6 Å². The molecule has 4 N–H and O–H groups in total. The van der Waals surface area contributed by atoms with E-state index in [2.05, 4.69) is 19.9 Å². The number of alkyl halides is 2. The van der Waals surface area contributed by atoms with Crippen LogP contribution in [0.15, 0.2) is 24.3 Å². The number of pyridine rings is 1. The van der Waals surface area contributed by atoms with Crippen LogP contribution in [0.2, 0.25) is 0 Å². The van der Waals surface area contributed by atoms with Crippen LogP contribution in [0.5, 0.6) is 5.75 Å². The zero-order valence-corrected chi connectivity index (χ0v) is 26.6. The summed E-state index contributed by atoms with van der Waals surface area (Å²) >= 11 is 0. The predicted octanol–water partition coefficient (Wildman–Crippen LogP) is 3.52. The molecule has 2 saturated heterocycles. The third-order valence-electron chi connectivity index (χ3n) is 9.29. The van der Waals surface area contributed by atoms with Crippen molar-refractivity contribution in [2.45, 2.75) is 63.8 Å². The van der Waals surface area contributed by atoms with E-state index in [-0.39, 0.29) is 44.0 Å². The number of halogens is 2. The molecule has 1 spiro atoms. The van der Waals surface area contributed by atoms with E-state index in [4.69, 9.17) is 15.2 Å². The average molecular weight is 663 g/mol. The standard InChI is InChI=1S/C31H40F2N6O6S/c1-20(34)29(41)45-16-17-46(42,43)37-22-2-3-23(24(19-22)38-11-7-30(5-6-30)8-12-38)28(40)36-25-18-21-4-15-44-26(21)27(35-25)39-13-9-31(32,33)10-14-39/h2-3,18-20,37H,4-17,34H2,1H3,(H,35,36,40). The molecule has 4 heterocycles. The van der Waals surface area contributed by atoms with Gasteiger partial charge in [-0.15, -0.1) is 0 Å². The highest BCUT2D eigenvalue weighted by atomic mass is 32.2. The van der Waals surface area contributed by atoms with Gasteiger partial charge in [0.25, 0.3) is 11.8 Å². The van der Waals surface area contributed by atoms with Crippen LogP contribution in [-0.4, -0.2) is 82.4 Å². The van der Waals surface area contributed by atoms with Gasteiger partial charge in [-0.2, -0.15) is 0 Å². The Hall–Kier alpha value is -3.72. The van der Waals surface area contributed by atoms with E-state index in [9.17, 15) is 26.8 Å². The molecular weight excluding hydrogens is 622 g/mol. The minimum Gasteiger partial charge on any atom is -0.489 e. The number of carbonyl (C=O) groups is 2. The van der Waals surface area contributed by atoms with Crippen LogP contribution in [0, 0.1) is 5.41 Å². The maximum atomic E-state index is 13.9. The van der Waals surface area contributed by atoms with Crippen LogP contribution in [0.3, 0.4) is 0 Å². The Balaban J connectivity index is 1.23. The van der Waals surface area contributed by atoms with Crippen molar-refractivity contribution in [3.8, 4) is 5.75 Å². The molecular formula is C31H40F2N6O6S. The van der Waals surface area contributed by atoms with Crippen molar-refractivity contribution in [1.82, 2.24) is 4.98 Å². The van der Waals surface area contributed by atoms with Gasteiger partial charge in [-0.3, -0.25) is 14.3 Å². The van der Waals surface area contributed by atoms with Crippen molar-refractivity contribution in [3.05, 3.63) is 35.4 Å². The highest BCUT2D eigenvalue weighted by Crippen LogP contribution is 2.54. The molecule has 0 bridgehead atoms. The molecule has 1 unspecified atom stereocenters. The smallest absolute Gasteiger partial charge is 0.322 e. The van der Waals surface area contributed by atoms with Crippen molar-refractivity contribution in [1.29, 1.82) is 0 Å². The van der Waals surface area contributed by atoms with Crippen LogP contribution >= 0.6 is 0 Å². The number of nitrogens with one attached hydrogen (secondary N) is 2. The maximum absolute atomic E-state index is 13.9. The number of nitrogens with two attached hydrogens (primary N) is 1. The van der Waals surface area contributed by atoms with E-state index in [1.54, 1.807) is 23.1 Å². The number of amides is 1. The molecule has 46 heavy (non-hydrogen) atoms. The fraction of sp³-hybridized carbons (Fsp3) is 0.581. The highest BCUT2D eigenvalue weighted by Gasteiger charge is 2.45. The summed E-state index contributed by atoms with van der Waals surface area (Å²) in [6.07, 6.45) is 4.42. The van der Waals surface area contributed by atoms with Crippen molar-refractivity contribution in [2.75, 3.05) is 65.0 Å². The number of nitrogens with zero attached hydrogens (tertiary/aromatic N) is 3. The molecule has 6 rings (SSSR count). The van der Waals surface area contributed by atoms with Gasteiger partial charge < -0.3 is 30.3 Å². The number of hydrogen-bond acceptors (Lipinski definition) is 10. The van der Waals surface area contributed by atoms with Gasteiger partial charge in [-0.1, -0.05) is 0 Å². The van der Waals surface area contributed by atoms with Gasteiger partial charge >= 0.3 is 5.97 Å². The SMILES string of the molecule is CC(N)C(=O)OCCS(=O)(=O)Nc1ccc(C(=O)Nc2cc3c(c(N4CCC(F)(F)CC4)n2)OCC3)c(N2CCC3(CC2)CC3)c1. The summed E-state index contributed by atoms with van der Waals surface area (Å²) in [5.74, 6) is -3.00. The van der Waals surface area contributed by atoms with Gasteiger partial charge in [0, 0.05) is 51.0 Å². The third-order valence-corrected chi connectivity index (χ3v) is 10.5. The molecule has 1 aromatic heterocycles. The first-order chi connectivity index (χ1) is 21.8. The molecule has 12 nitrogen and oxygen atoms in total. The second kappa shape index (κ2) is 12.5. The fourth-order valence-electron chi connectivity index (χ4n) is 6.25. The minimum absolute atomic E-state index is 0.125. The molecule has 4 aliphatic rings. The summed E-state index contributed by atoms with van der Waals surface area (Å²) in [6.45, 7) is 3.24. The Labute approximate surface area is 267 Å². The topological polar surface area (TPSA) is 156 Å². The number of rotatable bonds is 10. The number of ether oxygens (including phenoxy) is 2. The summed E-state index contributed by atoms with van der Waals surface area (Å²) in [5, 5.41) is 2.90. The second-order valence-corrected chi connectivity index (χ2v) is 14.7. The van der Waals surface area contributed by atoms with Crippen LogP contribution in [0.4, 0.5) is 31.8 Å². The lowest BCUT2D eigenvalue weighted by Crippen LogP contribution is -2.40. The van der Waals surface area contributed by atoms with Crippen molar-refractivity contribution in [3.63, 3.8) is 0 Å². The highest BCUT2D eigenvalue weighted by molar-refractivity contribution is 7.92. The number of benzene rings is 1. The monoisotopic (exact) mass is 662 g/mol. The van der Waals surface area contributed by atoms with E-state index in [0.717, 1.165) is 31.5 Å². The number of hydrogen-bond donors (Lipinski definition) is 3. The molecule has 2 aromatic rings. The van der Waals surface area contributed by atoms with Gasteiger partial charge in [0.05, 0.1) is 23.5 Å². The minimum atomic E-state index is -3.88. The summed E-state index contributed by atoms with van der Waals surface area (Å²) in [5.41, 5.74) is 7.89. The number of esters is 1. The predicted molar refractivity (Wildman–Crippen MR) is 169 cm³/mol. The second-order valence-electron chi connectivity index (χ2n) is 12.8. The molecule has 15 heteroatoms. The maximum Gasteiger partial charge on any atom is 0.322 e. The molecule has 1 aromatic carbocycles. The number of carbonyl (C=O) groups excluding carboxylic acids is 2. The molecule has 3 aliphatic heterocycles. The summed E-state index contributed by atoms with van der Waals surface area (Å²) in [7, 11) is -3.88. The Bertz CT molecular complexity index is 1600. The molecule has 1 amide bonds. The lowest BCUT2D eigenvalue weighted by atomic mass is 9.93. The first-order valence-corrected chi connectivity index (χ1v) is 17.4.